The van der Waals surface area contributed by atoms with Crippen LogP contribution < -0.4 is 0 Å². The molecule has 13 heavy (non-hydrogen) atoms. The van der Waals surface area contributed by atoms with Crippen LogP contribution in [-0.2, 0) is 9.59 Å². The molecule has 0 aromatic rings. The molecule has 2 aliphatic rings. The highest BCUT2D eigenvalue weighted by Crippen LogP contribution is 2.45. The Balaban J connectivity index is 2.41. The normalized spacial score (nSPS) is 37.5. The molecule has 2 rings (SSSR count). The summed E-state index contributed by atoms with van der Waals surface area (Å²) in [5.74, 6) is -1.02. The molecular weight excluding hydrogens is 168 g/mol. The minimum atomic E-state index is -1.07. The largest absolute Gasteiger partial charge is 0.480 e. The van der Waals surface area contributed by atoms with Crippen molar-refractivity contribution in [3.05, 3.63) is 12.2 Å². The first-order valence-electron chi connectivity index (χ1n) is 4.59. The van der Waals surface area contributed by atoms with E-state index in [0.29, 0.717) is 12.8 Å². The van der Waals surface area contributed by atoms with Crippen LogP contribution in [0.25, 0.3) is 0 Å². The first-order valence-corrected chi connectivity index (χ1v) is 4.59. The van der Waals surface area contributed by atoms with E-state index in [9.17, 15) is 9.59 Å². The molecule has 3 nitrogen and oxygen atoms in total. The van der Waals surface area contributed by atoms with E-state index >= 15 is 0 Å². The summed E-state index contributed by atoms with van der Waals surface area (Å²) in [6.45, 7) is 0. The number of Topliss-reactive ketones (excluding diaryl/α,β-unsaturated/α-hetero) is 1. The van der Waals surface area contributed by atoms with Crippen LogP contribution in [0.4, 0.5) is 0 Å². The van der Waals surface area contributed by atoms with Gasteiger partial charge in [-0.05, 0) is 25.7 Å². The van der Waals surface area contributed by atoms with Crippen LogP contribution in [0.5, 0.6) is 0 Å². The zero-order valence-corrected chi connectivity index (χ0v) is 7.32. The lowest BCUT2D eigenvalue weighted by Gasteiger charge is -2.19. The van der Waals surface area contributed by atoms with Crippen molar-refractivity contribution in [1.82, 2.24) is 0 Å². The molecule has 70 valence electrons. The molecule has 0 heterocycles. The lowest BCUT2D eigenvalue weighted by molar-refractivity contribution is -0.153. The van der Waals surface area contributed by atoms with E-state index in [2.05, 4.69) is 0 Å². The van der Waals surface area contributed by atoms with E-state index in [-0.39, 0.29) is 11.7 Å². The number of rotatable bonds is 1. The SMILES string of the molecule is O=C(O)[C@]12CC=CCC(CC1)C2=O. The van der Waals surface area contributed by atoms with Crippen molar-refractivity contribution < 1.29 is 14.7 Å². The number of carbonyl (C=O) groups is 2. The van der Waals surface area contributed by atoms with Gasteiger partial charge in [0.15, 0.2) is 5.78 Å². The smallest absolute Gasteiger partial charge is 0.317 e. The van der Waals surface area contributed by atoms with Gasteiger partial charge in [0.1, 0.15) is 5.41 Å². The zero-order chi connectivity index (χ0) is 9.47. The summed E-state index contributed by atoms with van der Waals surface area (Å²) in [6, 6.07) is 0. The Kier molecular flexibility index (Phi) is 1.75. The van der Waals surface area contributed by atoms with Crippen LogP contribution in [0, 0.1) is 11.3 Å². The summed E-state index contributed by atoms with van der Waals surface area (Å²) >= 11 is 0. The molecule has 2 atom stereocenters. The number of ketones is 1. The van der Waals surface area contributed by atoms with E-state index in [4.69, 9.17) is 5.11 Å². The standard InChI is InChI=1S/C10H12O3/c11-8-7-3-1-2-5-10(8,6-4-7)9(12)13/h1-2,7H,3-6H2,(H,12,13)/t7?,10-/m1/s1. The maximum Gasteiger partial charge on any atom is 0.317 e. The third-order valence-electron chi connectivity index (χ3n) is 3.22. The van der Waals surface area contributed by atoms with Crippen LogP contribution in [0.15, 0.2) is 12.2 Å². The highest BCUT2D eigenvalue weighted by atomic mass is 16.4. The molecule has 0 radical (unpaired) electrons. The molecule has 1 fully saturated rings. The molecule has 0 spiro atoms. The van der Waals surface area contributed by atoms with E-state index < -0.39 is 11.4 Å². The zero-order valence-electron chi connectivity index (χ0n) is 7.32. The van der Waals surface area contributed by atoms with Crippen LogP contribution in [0.1, 0.15) is 25.7 Å². The molecule has 2 aliphatic carbocycles. The molecule has 1 N–H and O–H groups in total. The van der Waals surface area contributed by atoms with Gasteiger partial charge >= 0.3 is 5.97 Å². The van der Waals surface area contributed by atoms with Crippen molar-refractivity contribution in [2.24, 2.45) is 11.3 Å². The molecular formula is C10H12O3. The molecule has 3 heteroatoms. The summed E-state index contributed by atoms with van der Waals surface area (Å²) in [5.41, 5.74) is -1.07. The van der Waals surface area contributed by atoms with Crippen LogP contribution in [0.3, 0.4) is 0 Å². The second-order valence-corrected chi connectivity index (χ2v) is 3.90. The third kappa shape index (κ3) is 1.03. The van der Waals surface area contributed by atoms with Crippen molar-refractivity contribution in [2.75, 3.05) is 0 Å². The van der Waals surface area contributed by atoms with Crippen LogP contribution in [0.2, 0.25) is 0 Å². The Labute approximate surface area is 76.4 Å². The van der Waals surface area contributed by atoms with Gasteiger partial charge in [-0.15, -0.1) is 0 Å². The van der Waals surface area contributed by atoms with Crippen LogP contribution >= 0.6 is 0 Å². The quantitative estimate of drug-likeness (QED) is 0.490. The van der Waals surface area contributed by atoms with E-state index in [1.165, 1.54) is 0 Å². The van der Waals surface area contributed by atoms with Gasteiger partial charge in [-0.3, -0.25) is 9.59 Å². The lowest BCUT2D eigenvalue weighted by Crippen LogP contribution is -2.35. The number of hydrogen-bond donors (Lipinski definition) is 1. The molecule has 0 aliphatic heterocycles. The monoisotopic (exact) mass is 180 g/mol. The Hall–Kier alpha value is -1.12. The molecule has 0 amide bonds. The number of allylic oxidation sites excluding steroid dienone is 2. The van der Waals surface area contributed by atoms with Crippen molar-refractivity contribution in [2.45, 2.75) is 25.7 Å². The second kappa shape index (κ2) is 2.69. The van der Waals surface area contributed by atoms with Crippen molar-refractivity contribution in [3.8, 4) is 0 Å². The van der Waals surface area contributed by atoms with Gasteiger partial charge in [-0.1, -0.05) is 12.2 Å². The molecule has 1 saturated carbocycles. The highest BCUT2D eigenvalue weighted by molar-refractivity contribution is 6.06. The average Bonchev–Trinajstić information content (AvgIpc) is 2.23. The van der Waals surface area contributed by atoms with Gasteiger partial charge in [-0.2, -0.15) is 0 Å². The number of carbonyl (C=O) groups excluding carboxylic acids is 1. The number of fused-ring (bicyclic) bond motifs is 2. The van der Waals surface area contributed by atoms with Gasteiger partial charge < -0.3 is 5.11 Å². The predicted octanol–water partition coefficient (Wildman–Crippen LogP) is 1.39. The fourth-order valence-electron chi connectivity index (χ4n) is 2.34. The van der Waals surface area contributed by atoms with E-state index in [1.807, 2.05) is 12.2 Å². The Morgan fingerprint density at radius 2 is 2.31 bits per heavy atom. The second-order valence-electron chi connectivity index (χ2n) is 3.90. The van der Waals surface area contributed by atoms with Crippen molar-refractivity contribution >= 4 is 11.8 Å². The summed E-state index contributed by atoms with van der Waals surface area (Å²) < 4.78 is 0. The molecule has 0 aromatic heterocycles. The number of carboxylic acids is 1. The van der Waals surface area contributed by atoms with Gasteiger partial charge in [-0.25, -0.2) is 0 Å². The van der Waals surface area contributed by atoms with Crippen LogP contribution in [-0.4, -0.2) is 16.9 Å². The minimum absolute atomic E-state index is 0.0325. The first kappa shape index (κ1) is 8.48. The number of carboxylic acid groups (broad SMARTS) is 1. The highest BCUT2D eigenvalue weighted by Gasteiger charge is 2.52. The van der Waals surface area contributed by atoms with Gasteiger partial charge in [0, 0.05) is 5.92 Å². The third-order valence-corrected chi connectivity index (χ3v) is 3.22. The maximum absolute atomic E-state index is 11.8. The molecule has 0 aromatic carbocycles. The average molecular weight is 180 g/mol. The Morgan fingerprint density at radius 3 is 3.00 bits per heavy atom. The van der Waals surface area contributed by atoms with E-state index in [1.54, 1.807) is 0 Å². The predicted molar refractivity (Wildman–Crippen MR) is 46.2 cm³/mol. The summed E-state index contributed by atoms with van der Waals surface area (Å²) in [6.07, 6.45) is 6.16. The van der Waals surface area contributed by atoms with Crippen molar-refractivity contribution in [3.63, 3.8) is 0 Å². The lowest BCUT2D eigenvalue weighted by atomic mass is 9.81. The topological polar surface area (TPSA) is 54.4 Å². The maximum atomic E-state index is 11.8. The molecule has 2 bridgehead atoms. The number of aliphatic carboxylic acids is 1. The summed E-state index contributed by atoms with van der Waals surface area (Å²) in [5, 5.41) is 9.06. The van der Waals surface area contributed by atoms with Crippen molar-refractivity contribution in [1.29, 1.82) is 0 Å². The Morgan fingerprint density at radius 1 is 1.54 bits per heavy atom. The summed E-state index contributed by atoms with van der Waals surface area (Å²) in [7, 11) is 0. The van der Waals surface area contributed by atoms with Gasteiger partial charge in [0.05, 0.1) is 0 Å². The minimum Gasteiger partial charge on any atom is -0.480 e. The number of hydrogen-bond acceptors (Lipinski definition) is 2. The van der Waals surface area contributed by atoms with E-state index in [0.717, 1.165) is 12.8 Å². The molecule has 1 unspecified atom stereocenters. The fraction of sp³-hybridized carbons (Fsp3) is 0.600. The van der Waals surface area contributed by atoms with Gasteiger partial charge in [0.2, 0.25) is 0 Å². The summed E-state index contributed by atoms with van der Waals surface area (Å²) in [4.78, 5) is 22.8. The fourth-order valence-corrected chi connectivity index (χ4v) is 2.34. The van der Waals surface area contributed by atoms with Gasteiger partial charge in [0.25, 0.3) is 0 Å². The molecule has 0 saturated heterocycles. The Bertz CT molecular complexity index is 293. The first-order chi connectivity index (χ1) is 6.17.